The normalized spacial score (nSPS) is 10.6. The monoisotopic (exact) mass is 537 g/mol. The van der Waals surface area contributed by atoms with Gasteiger partial charge in [0.05, 0.1) is 18.9 Å². The highest BCUT2D eigenvalue weighted by molar-refractivity contribution is 6.00. The Morgan fingerprint density at radius 3 is 2.12 bits per heavy atom. The number of ether oxygens (including phenoxy) is 2. The van der Waals surface area contributed by atoms with Crippen LogP contribution < -0.4 is 19.7 Å². The molecule has 7 heteroatoms. The Kier molecular flexibility index (Phi) is 9.52. The summed E-state index contributed by atoms with van der Waals surface area (Å²) in [7, 11) is 4.00. The van der Waals surface area contributed by atoms with Crippen molar-refractivity contribution < 1.29 is 19.1 Å². The topological polar surface area (TPSA) is 80.8 Å². The Morgan fingerprint density at radius 1 is 0.750 bits per heavy atom. The number of nitrogens with one attached hydrogen (secondary N) is 1. The molecule has 0 atom stereocenters. The van der Waals surface area contributed by atoms with E-state index in [1.165, 1.54) is 0 Å². The predicted octanol–water partition coefficient (Wildman–Crippen LogP) is 6.88. The number of rotatable bonds is 12. The van der Waals surface area contributed by atoms with Crippen molar-refractivity contribution in [2.75, 3.05) is 37.5 Å². The van der Waals surface area contributed by atoms with E-state index >= 15 is 0 Å². The Hall–Kier alpha value is -4.65. The van der Waals surface area contributed by atoms with E-state index < -0.39 is 0 Å². The summed E-state index contributed by atoms with van der Waals surface area (Å²) in [6.45, 7) is 4.72. The molecule has 1 heterocycles. The van der Waals surface area contributed by atoms with Gasteiger partial charge in [0.2, 0.25) is 5.91 Å². The van der Waals surface area contributed by atoms with Crippen molar-refractivity contribution in [2.24, 2.45) is 0 Å². The summed E-state index contributed by atoms with van der Waals surface area (Å²) in [5.74, 6) is 1.12. The first-order valence-corrected chi connectivity index (χ1v) is 13.5. The average molecular weight is 538 g/mol. The third-order valence-corrected chi connectivity index (χ3v) is 6.32. The number of carbonyl (C=O) groups is 2. The largest absolute Gasteiger partial charge is 0.490 e. The SMILES string of the molecule is CCOc1ccc(C(=O)CCC(=O)Nc2cc(-c3ccc(N(C)C)cc3)cc(-c3ccccc3)n2)cc1OCC. The summed E-state index contributed by atoms with van der Waals surface area (Å²) in [6, 6.07) is 27.0. The lowest BCUT2D eigenvalue weighted by Gasteiger charge is -2.14. The zero-order valence-corrected chi connectivity index (χ0v) is 23.4. The van der Waals surface area contributed by atoms with Gasteiger partial charge in [-0.25, -0.2) is 4.98 Å². The van der Waals surface area contributed by atoms with Crippen LogP contribution in [0.1, 0.15) is 37.0 Å². The molecule has 4 rings (SSSR count). The fourth-order valence-corrected chi connectivity index (χ4v) is 4.27. The highest BCUT2D eigenvalue weighted by atomic mass is 16.5. The van der Waals surface area contributed by atoms with E-state index in [4.69, 9.17) is 14.5 Å². The zero-order valence-electron chi connectivity index (χ0n) is 23.4. The van der Waals surface area contributed by atoms with E-state index in [0.29, 0.717) is 36.1 Å². The van der Waals surface area contributed by atoms with Gasteiger partial charge < -0.3 is 19.7 Å². The van der Waals surface area contributed by atoms with Gasteiger partial charge in [-0.15, -0.1) is 0 Å². The van der Waals surface area contributed by atoms with Gasteiger partial charge in [0.15, 0.2) is 17.3 Å². The Balaban J connectivity index is 1.51. The smallest absolute Gasteiger partial charge is 0.225 e. The van der Waals surface area contributed by atoms with Crippen LogP contribution in [0.3, 0.4) is 0 Å². The highest BCUT2D eigenvalue weighted by Crippen LogP contribution is 2.30. The van der Waals surface area contributed by atoms with Crippen LogP contribution in [0.4, 0.5) is 11.5 Å². The Labute approximate surface area is 235 Å². The molecule has 1 amide bonds. The number of ketones is 1. The molecule has 206 valence electrons. The first-order chi connectivity index (χ1) is 19.4. The lowest BCUT2D eigenvalue weighted by molar-refractivity contribution is -0.116. The summed E-state index contributed by atoms with van der Waals surface area (Å²) < 4.78 is 11.2. The average Bonchev–Trinajstić information content (AvgIpc) is 2.97. The molecule has 0 fully saturated rings. The minimum Gasteiger partial charge on any atom is -0.490 e. The molecular formula is C33H35N3O4. The molecule has 1 aromatic heterocycles. The van der Waals surface area contributed by atoms with Crippen LogP contribution in [0, 0.1) is 0 Å². The molecule has 0 bridgehead atoms. The van der Waals surface area contributed by atoms with Crippen molar-refractivity contribution in [1.29, 1.82) is 0 Å². The summed E-state index contributed by atoms with van der Waals surface area (Å²) in [6.07, 6.45) is 0.0860. The maximum atomic E-state index is 12.9. The summed E-state index contributed by atoms with van der Waals surface area (Å²) >= 11 is 0. The molecule has 0 saturated carbocycles. The number of nitrogens with zero attached hydrogens (tertiary/aromatic N) is 2. The fourth-order valence-electron chi connectivity index (χ4n) is 4.27. The van der Waals surface area contributed by atoms with Crippen LogP contribution in [-0.2, 0) is 4.79 Å². The van der Waals surface area contributed by atoms with Gasteiger partial charge in [-0.1, -0.05) is 42.5 Å². The van der Waals surface area contributed by atoms with Crippen molar-refractivity contribution >= 4 is 23.2 Å². The van der Waals surface area contributed by atoms with Crippen molar-refractivity contribution in [3.05, 3.63) is 90.5 Å². The predicted molar refractivity (Wildman–Crippen MR) is 160 cm³/mol. The zero-order chi connectivity index (χ0) is 28.5. The standard InChI is InChI=1S/C33H35N3O4/c1-5-39-30-18-14-25(21-31(30)40-6-2)29(37)17-19-33(38)35-32-22-26(23-12-15-27(16-13-23)36(3)4)20-28(34-32)24-10-8-7-9-11-24/h7-16,18,20-22H,5-6,17,19H2,1-4H3,(H,34,35,38). The molecule has 0 saturated heterocycles. The molecule has 3 aromatic carbocycles. The quantitative estimate of drug-likeness (QED) is 0.198. The van der Waals surface area contributed by atoms with Gasteiger partial charge in [-0.05, 0) is 67.4 Å². The van der Waals surface area contributed by atoms with Gasteiger partial charge in [0.1, 0.15) is 5.82 Å². The molecule has 4 aromatic rings. The number of hydrogen-bond acceptors (Lipinski definition) is 6. The van der Waals surface area contributed by atoms with Crippen molar-refractivity contribution in [3.8, 4) is 33.9 Å². The second-order valence-corrected chi connectivity index (χ2v) is 9.43. The van der Waals surface area contributed by atoms with Gasteiger partial charge in [-0.3, -0.25) is 9.59 Å². The van der Waals surface area contributed by atoms with Crippen LogP contribution in [0.15, 0.2) is 84.9 Å². The van der Waals surface area contributed by atoms with E-state index in [2.05, 4.69) is 29.6 Å². The summed E-state index contributed by atoms with van der Waals surface area (Å²) in [4.78, 5) is 32.6. The van der Waals surface area contributed by atoms with Gasteiger partial charge >= 0.3 is 0 Å². The Bertz CT molecular complexity index is 1450. The van der Waals surface area contributed by atoms with Crippen LogP contribution in [0.5, 0.6) is 11.5 Å². The fraction of sp³-hybridized carbons (Fsp3) is 0.242. The highest BCUT2D eigenvalue weighted by Gasteiger charge is 2.15. The van der Waals surface area contributed by atoms with Crippen molar-refractivity contribution in [1.82, 2.24) is 4.98 Å². The molecule has 0 aliphatic heterocycles. The maximum absolute atomic E-state index is 12.9. The number of Topliss-reactive ketones (excluding diaryl/α,β-unsaturated/α-hetero) is 1. The second-order valence-electron chi connectivity index (χ2n) is 9.43. The van der Waals surface area contributed by atoms with E-state index in [9.17, 15) is 9.59 Å². The van der Waals surface area contributed by atoms with E-state index in [1.54, 1.807) is 18.2 Å². The molecule has 0 unspecified atom stereocenters. The first-order valence-electron chi connectivity index (χ1n) is 13.5. The van der Waals surface area contributed by atoms with Crippen molar-refractivity contribution in [2.45, 2.75) is 26.7 Å². The maximum Gasteiger partial charge on any atom is 0.225 e. The lowest BCUT2D eigenvalue weighted by atomic mass is 10.0. The van der Waals surface area contributed by atoms with Gasteiger partial charge in [-0.2, -0.15) is 0 Å². The third kappa shape index (κ3) is 7.26. The number of anilines is 2. The minimum atomic E-state index is -0.282. The molecule has 40 heavy (non-hydrogen) atoms. The van der Waals surface area contributed by atoms with Gasteiger partial charge in [0.25, 0.3) is 0 Å². The molecule has 0 spiro atoms. The number of benzene rings is 3. The van der Waals surface area contributed by atoms with Crippen LogP contribution in [0.2, 0.25) is 0 Å². The van der Waals surface area contributed by atoms with E-state index in [0.717, 1.165) is 28.1 Å². The molecule has 0 radical (unpaired) electrons. The summed E-state index contributed by atoms with van der Waals surface area (Å²) in [5.41, 5.74) is 5.21. The molecule has 7 nitrogen and oxygen atoms in total. The van der Waals surface area contributed by atoms with Crippen molar-refractivity contribution in [3.63, 3.8) is 0 Å². The number of hydrogen-bond donors (Lipinski definition) is 1. The van der Waals surface area contributed by atoms with Crippen LogP contribution >= 0.6 is 0 Å². The third-order valence-electron chi connectivity index (χ3n) is 6.32. The number of aromatic nitrogens is 1. The lowest BCUT2D eigenvalue weighted by Crippen LogP contribution is -2.15. The number of carbonyl (C=O) groups excluding carboxylic acids is 2. The van der Waals surface area contributed by atoms with E-state index in [-0.39, 0.29) is 24.5 Å². The van der Waals surface area contributed by atoms with Gasteiger partial charge in [0, 0.05) is 43.8 Å². The summed E-state index contributed by atoms with van der Waals surface area (Å²) in [5, 5.41) is 2.90. The number of pyridine rings is 1. The molecular weight excluding hydrogens is 502 g/mol. The van der Waals surface area contributed by atoms with Crippen LogP contribution in [0.25, 0.3) is 22.4 Å². The Morgan fingerprint density at radius 2 is 1.45 bits per heavy atom. The molecule has 1 N–H and O–H groups in total. The molecule has 0 aliphatic rings. The number of amides is 1. The van der Waals surface area contributed by atoms with E-state index in [1.807, 2.05) is 75.3 Å². The first kappa shape index (κ1) is 28.4. The van der Waals surface area contributed by atoms with Crippen LogP contribution in [-0.4, -0.2) is 44.0 Å². The molecule has 0 aliphatic carbocycles. The minimum absolute atomic E-state index is 0.0279. The second kappa shape index (κ2) is 13.4.